The van der Waals surface area contributed by atoms with Gasteiger partial charge < -0.3 is 10.6 Å². The number of carbonyl (C=O) groups excluding carboxylic acids is 2. The largest absolute Gasteiger partial charge is 0.336 e. The van der Waals surface area contributed by atoms with E-state index in [-0.39, 0.29) is 5.91 Å². The molecule has 0 aromatic heterocycles. The molecule has 2 aromatic carbocycles. The number of amides is 3. The zero-order valence-electron chi connectivity index (χ0n) is 11.7. The Morgan fingerprint density at radius 2 is 1.68 bits per heavy atom. The van der Waals surface area contributed by atoms with Crippen molar-refractivity contribution in [3.63, 3.8) is 0 Å². The van der Waals surface area contributed by atoms with Crippen molar-refractivity contribution in [2.45, 2.75) is 6.92 Å². The smallest absolute Gasteiger partial charge is 0.326 e. The third-order valence-electron chi connectivity index (χ3n) is 2.74. The first-order valence-electron chi connectivity index (χ1n) is 6.39. The maximum atomic E-state index is 12.1. The van der Waals surface area contributed by atoms with Crippen LogP contribution in [0, 0.1) is 0 Å². The van der Waals surface area contributed by atoms with Crippen LogP contribution in [-0.2, 0) is 4.79 Å². The summed E-state index contributed by atoms with van der Waals surface area (Å²) in [6.45, 7) is 1.43. The molecule has 2 N–H and O–H groups in total. The van der Waals surface area contributed by atoms with Crippen molar-refractivity contribution in [1.29, 1.82) is 0 Å². The normalized spacial score (nSPS) is 9.95. The van der Waals surface area contributed by atoms with E-state index >= 15 is 0 Å². The highest BCUT2D eigenvalue weighted by Gasteiger charge is 2.13. The van der Waals surface area contributed by atoms with Gasteiger partial charge in [-0.25, -0.2) is 9.10 Å². The van der Waals surface area contributed by atoms with Crippen LogP contribution in [0.3, 0.4) is 0 Å². The molecule has 0 aliphatic carbocycles. The summed E-state index contributed by atoms with van der Waals surface area (Å²) in [5, 5.41) is 5.75. The van der Waals surface area contributed by atoms with Crippen LogP contribution in [0.2, 0.25) is 5.02 Å². The maximum absolute atomic E-state index is 12.1. The summed E-state index contributed by atoms with van der Waals surface area (Å²) in [6.07, 6.45) is 0. The number of carbonyl (C=O) groups is 2. The topological polar surface area (TPSA) is 61.4 Å². The molecule has 0 unspecified atom stereocenters. The van der Waals surface area contributed by atoms with Crippen molar-refractivity contribution in [3.05, 3.63) is 53.6 Å². The number of para-hydroxylation sites is 1. The number of nitrogens with one attached hydrogen (secondary N) is 2. The summed E-state index contributed by atoms with van der Waals surface area (Å²) in [6, 6.07) is 13.2. The molecule has 3 amide bonds. The highest BCUT2D eigenvalue weighted by atomic mass is 35.5. The SMILES string of the molecule is CC(=O)Nc1ccc(N(S)C(=O)Nc2ccccc2Cl)cc1. The molecule has 7 heteroatoms. The third-order valence-corrected chi connectivity index (χ3v) is 3.48. The van der Waals surface area contributed by atoms with E-state index in [0.717, 1.165) is 4.31 Å². The predicted molar refractivity (Wildman–Crippen MR) is 92.7 cm³/mol. The van der Waals surface area contributed by atoms with E-state index < -0.39 is 6.03 Å². The van der Waals surface area contributed by atoms with Crippen molar-refractivity contribution >= 4 is 53.4 Å². The fourth-order valence-corrected chi connectivity index (χ4v) is 2.10. The van der Waals surface area contributed by atoms with E-state index in [0.29, 0.717) is 22.1 Å². The first-order valence-corrected chi connectivity index (χ1v) is 7.17. The highest BCUT2D eigenvalue weighted by Crippen LogP contribution is 2.24. The Hall–Kier alpha value is -2.18. The number of halogens is 1. The summed E-state index contributed by atoms with van der Waals surface area (Å²) >= 11 is 10.2. The maximum Gasteiger partial charge on any atom is 0.336 e. The molecule has 2 rings (SSSR count). The standard InChI is InChI=1S/C15H14ClN3O2S/c1-10(20)17-11-6-8-12(9-7-11)19(22)15(21)18-14-5-3-2-4-13(14)16/h2-9,22H,1H3,(H,17,20)(H,18,21). The molecule has 0 heterocycles. The first-order chi connectivity index (χ1) is 10.5. The van der Waals surface area contributed by atoms with Crippen LogP contribution in [0.15, 0.2) is 48.5 Å². The molecule has 22 heavy (non-hydrogen) atoms. The molecule has 0 bridgehead atoms. The minimum absolute atomic E-state index is 0.160. The number of rotatable bonds is 3. The second kappa shape index (κ2) is 7.20. The Bertz CT molecular complexity index is 691. The molecule has 0 atom stereocenters. The van der Waals surface area contributed by atoms with Gasteiger partial charge in [0, 0.05) is 12.6 Å². The van der Waals surface area contributed by atoms with Gasteiger partial charge in [0.2, 0.25) is 5.91 Å². The van der Waals surface area contributed by atoms with Gasteiger partial charge >= 0.3 is 6.03 Å². The monoisotopic (exact) mass is 335 g/mol. The van der Waals surface area contributed by atoms with Gasteiger partial charge in [-0.2, -0.15) is 0 Å². The van der Waals surface area contributed by atoms with E-state index in [2.05, 4.69) is 23.4 Å². The van der Waals surface area contributed by atoms with E-state index in [1.807, 2.05) is 0 Å². The van der Waals surface area contributed by atoms with E-state index in [1.54, 1.807) is 48.5 Å². The van der Waals surface area contributed by atoms with E-state index in [1.165, 1.54) is 6.92 Å². The summed E-state index contributed by atoms with van der Waals surface area (Å²) < 4.78 is 1.15. The van der Waals surface area contributed by atoms with Gasteiger partial charge in [-0.3, -0.25) is 4.79 Å². The molecule has 0 aliphatic rings. The zero-order chi connectivity index (χ0) is 16.1. The number of anilines is 3. The Labute approximate surface area is 138 Å². The van der Waals surface area contributed by atoms with Gasteiger partial charge in [-0.15, -0.1) is 0 Å². The van der Waals surface area contributed by atoms with Crippen LogP contribution < -0.4 is 14.9 Å². The first kappa shape index (κ1) is 16.2. The van der Waals surface area contributed by atoms with Gasteiger partial charge in [0.25, 0.3) is 0 Å². The van der Waals surface area contributed by atoms with Crippen LogP contribution in [0.5, 0.6) is 0 Å². The molecule has 0 saturated heterocycles. The average Bonchev–Trinajstić information content (AvgIpc) is 2.49. The lowest BCUT2D eigenvalue weighted by Gasteiger charge is -2.17. The van der Waals surface area contributed by atoms with Crippen molar-refractivity contribution in [1.82, 2.24) is 0 Å². The Kier molecular flexibility index (Phi) is 5.30. The van der Waals surface area contributed by atoms with Crippen LogP contribution >= 0.6 is 24.4 Å². The summed E-state index contributed by atoms with van der Waals surface area (Å²) in [5.74, 6) is -0.160. The average molecular weight is 336 g/mol. The molecule has 0 spiro atoms. The van der Waals surface area contributed by atoms with Crippen molar-refractivity contribution < 1.29 is 9.59 Å². The molecule has 114 valence electrons. The second-order valence-corrected chi connectivity index (χ2v) is 5.26. The molecule has 2 aromatic rings. The minimum Gasteiger partial charge on any atom is -0.326 e. The van der Waals surface area contributed by atoms with Crippen LogP contribution in [-0.4, -0.2) is 11.9 Å². The third kappa shape index (κ3) is 4.16. The van der Waals surface area contributed by atoms with Crippen LogP contribution in [0.1, 0.15) is 6.92 Å². The summed E-state index contributed by atoms with van der Waals surface area (Å²) in [7, 11) is 0. The molecule has 0 saturated carbocycles. The molecule has 0 fully saturated rings. The molecule has 0 radical (unpaired) electrons. The fraction of sp³-hybridized carbons (Fsp3) is 0.0667. The van der Waals surface area contributed by atoms with Gasteiger partial charge in [-0.1, -0.05) is 36.5 Å². The van der Waals surface area contributed by atoms with Gasteiger partial charge in [0.05, 0.1) is 16.4 Å². The van der Waals surface area contributed by atoms with E-state index in [9.17, 15) is 9.59 Å². The van der Waals surface area contributed by atoms with Gasteiger partial charge in [0.15, 0.2) is 0 Å². The van der Waals surface area contributed by atoms with Crippen molar-refractivity contribution in [2.24, 2.45) is 0 Å². The predicted octanol–water partition coefficient (Wildman–Crippen LogP) is 4.18. The fourth-order valence-electron chi connectivity index (χ4n) is 1.74. The zero-order valence-corrected chi connectivity index (χ0v) is 13.4. The number of benzene rings is 2. The lowest BCUT2D eigenvalue weighted by atomic mass is 10.3. The van der Waals surface area contributed by atoms with Crippen molar-refractivity contribution in [2.75, 3.05) is 14.9 Å². The number of hydrogen-bond donors (Lipinski definition) is 3. The van der Waals surface area contributed by atoms with Gasteiger partial charge in [0.1, 0.15) is 0 Å². The number of nitrogens with zero attached hydrogens (tertiary/aromatic N) is 1. The summed E-state index contributed by atoms with van der Waals surface area (Å²) in [5.41, 5.74) is 1.70. The molecular weight excluding hydrogens is 322 g/mol. The molecule has 0 aliphatic heterocycles. The highest BCUT2D eigenvalue weighted by molar-refractivity contribution is 7.82. The molecular formula is C15H14ClN3O2S. The Morgan fingerprint density at radius 1 is 1.05 bits per heavy atom. The minimum atomic E-state index is -0.441. The number of thiol groups is 1. The Morgan fingerprint density at radius 3 is 2.27 bits per heavy atom. The second-order valence-electron chi connectivity index (χ2n) is 4.45. The number of hydrogen-bond acceptors (Lipinski definition) is 3. The Balaban J connectivity index is 2.07. The van der Waals surface area contributed by atoms with Crippen molar-refractivity contribution in [3.8, 4) is 0 Å². The van der Waals surface area contributed by atoms with E-state index in [4.69, 9.17) is 11.6 Å². The number of urea groups is 1. The lowest BCUT2D eigenvalue weighted by Crippen LogP contribution is -2.26. The van der Waals surface area contributed by atoms with Gasteiger partial charge in [-0.05, 0) is 36.4 Å². The lowest BCUT2D eigenvalue weighted by molar-refractivity contribution is -0.114. The summed E-state index contributed by atoms with van der Waals surface area (Å²) in [4.78, 5) is 23.1. The molecule has 5 nitrogen and oxygen atoms in total. The van der Waals surface area contributed by atoms with Crippen LogP contribution in [0.4, 0.5) is 21.9 Å². The van der Waals surface area contributed by atoms with Crippen LogP contribution in [0.25, 0.3) is 0 Å². The quantitative estimate of drug-likeness (QED) is 0.737.